The summed E-state index contributed by atoms with van der Waals surface area (Å²) in [6, 6.07) is 14.0. The molecular formula is C26H30N2O6. The highest BCUT2D eigenvalue weighted by Gasteiger charge is 2.35. The van der Waals surface area contributed by atoms with Crippen LogP contribution in [-0.2, 0) is 19.1 Å². The van der Waals surface area contributed by atoms with E-state index in [-0.39, 0.29) is 12.5 Å². The molecule has 1 unspecified atom stereocenters. The van der Waals surface area contributed by atoms with Gasteiger partial charge in [-0.2, -0.15) is 0 Å². The fourth-order valence-corrected chi connectivity index (χ4v) is 4.47. The Morgan fingerprint density at radius 3 is 2.12 bits per heavy atom. The molecule has 3 N–H and O–H groups in total. The molecule has 180 valence electrons. The standard InChI is InChI=1S/C26H30N2O6/c1-15(33-2)23(25(30)31)28-24(29)22(13-16-11-12-16)27-26(32)34-14-21-19-9-5-3-7-17(19)18-8-4-6-10-20(18)21/h3-10,15-16,21-23H,11-14H2,1-2H3,(H,27,32)(H,28,29)(H,30,31)/t15-,22?,23+/m1/s1. The first-order valence-corrected chi connectivity index (χ1v) is 11.6. The Morgan fingerprint density at radius 2 is 1.59 bits per heavy atom. The first kappa shape index (κ1) is 23.8. The maximum Gasteiger partial charge on any atom is 0.407 e. The van der Waals surface area contributed by atoms with E-state index in [1.165, 1.54) is 7.11 Å². The van der Waals surface area contributed by atoms with Gasteiger partial charge in [0.15, 0.2) is 6.04 Å². The van der Waals surface area contributed by atoms with E-state index in [1.807, 2.05) is 36.4 Å². The number of hydrogen-bond acceptors (Lipinski definition) is 5. The van der Waals surface area contributed by atoms with Gasteiger partial charge in [-0.1, -0.05) is 61.4 Å². The molecular weight excluding hydrogens is 436 g/mol. The zero-order valence-electron chi connectivity index (χ0n) is 19.3. The van der Waals surface area contributed by atoms with Gasteiger partial charge in [0.05, 0.1) is 6.10 Å². The van der Waals surface area contributed by atoms with Crippen molar-refractivity contribution < 1.29 is 29.0 Å². The van der Waals surface area contributed by atoms with Gasteiger partial charge in [-0.05, 0) is 41.5 Å². The van der Waals surface area contributed by atoms with Crippen molar-refractivity contribution >= 4 is 18.0 Å². The summed E-state index contributed by atoms with van der Waals surface area (Å²) in [5.41, 5.74) is 4.46. The summed E-state index contributed by atoms with van der Waals surface area (Å²) >= 11 is 0. The summed E-state index contributed by atoms with van der Waals surface area (Å²) < 4.78 is 10.6. The van der Waals surface area contributed by atoms with Crippen LogP contribution in [0.25, 0.3) is 11.1 Å². The number of nitrogens with one attached hydrogen (secondary N) is 2. The lowest BCUT2D eigenvalue weighted by molar-refractivity contribution is -0.145. The Kier molecular flexibility index (Phi) is 7.17. The van der Waals surface area contributed by atoms with Gasteiger partial charge < -0.3 is 25.2 Å². The first-order chi connectivity index (χ1) is 16.4. The summed E-state index contributed by atoms with van der Waals surface area (Å²) in [7, 11) is 1.38. The molecule has 0 saturated heterocycles. The lowest BCUT2D eigenvalue weighted by Gasteiger charge is -2.24. The minimum Gasteiger partial charge on any atom is -0.480 e. The molecule has 0 aliphatic heterocycles. The number of carbonyl (C=O) groups excluding carboxylic acids is 2. The number of alkyl carbamates (subject to hydrolysis) is 1. The Morgan fingerprint density at radius 1 is 1.00 bits per heavy atom. The highest BCUT2D eigenvalue weighted by molar-refractivity contribution is 5.89. The van der Waals surface area contributed by atoms with Crippen molar-refractivity contribution in [3.05, 3.63) is 59.7 Å². The topological polar surface area (TPSA) is 114 Å². The van der Waals surface area contributed by atoms with Gasteiger partial charge in [-0.3, -0.25) is 4.79 Å². The lowest BCUT2D eigenvalue weighted by Crippen LogP contribution is -2.55. The van der Waals surface area contributed by atoms with Crippen molar-refractivity contribution in [3.63, 3.8) is 0 Å². The van der Waals surface area contributed by atoms with Gasteiger partial charge in [0.2, 0.25) is 5.91 Å². The average Bonchev–Trinajstić information content (AvgIpc) is 3.60. The number of carboxylic acids is 1. The smallest absolute Gasteiger partial charge is 0.407 e. The Balaban J connectivity index is 1.41. The minimum atomic E-state index is -1.22. The minimum absolute atomic E-state index is 0.0900. The van der Waals surface area contributed by atoms with Crippen molar-refractivity contribution in [2.45, 2.75) is 50.3 Å². The van der Waals surface area contributed by atoms with Gasteiger partial charge in [0, 0.05) is 13.0 Å². The largest absolute Gasteiger partial charge is 0.480 e. The van der Waals surface area contributed by atoms with Crippen molar-refractivity contribution in [3.8, 4) is 11.1 Å². The van der Waals surface area contributed by atoms with E-state index in [4.69, 9.17) is 9.47 Å². The molecule has 4 rings (SSSR count). The number of carboxylic acid groups (broad SMARTS) is 1. The molecule has 8 nitrogen and oxygen atoms in total. The number of aliphatic carboxylic acids is 1. The number of ether oxygens (including phenoxy) is 2. The molecule has 34 heavy (non-hydrogen) atoms. The molecule has 1 fully saturated rings. The van der Waals surface area contributed by atoms with Gasteiger partial charge >= 0.3 is 12.1 Å². The quantitative estimate of drug-likeness (QED) is 0.495. The van der Waals surface area contributed by atoms with Crippen LogP contribution in [0.4, 0.5) is 4.79 Å². The van der Waals surface area contributed by atoms with Crippen LogP contribution < -0.4 is 10.6 Å². The summed E-state index contributed by atoms with van der Waals surface area (Å²) in [6.07, 6.45) is 0.968. The molecule has 2 amide bonds. The van der Waals surface area contributed by atoms with E-state index in [0.29, 0.717) is 12.3 Å². The van der Waals surface area contributed by atoms with E-state index >= 15 is 0 Å². The Hall–Kier alpha value is -3.39. The van der Waals surface area contributed by atoms with Gasteiger partial charge in [0.1, 0.15) is 12.6 Å². The van der Waals surface area contributed by atoms with Gasteiger partial charge in [-0.15, -0.1) is 0 Å². The maximum atomic E-state index is 12.9. The van der Waals surface area contributed by atoms with Crippen LogP contribution in [0.3, 0.4) is 0 Å². The molecule has 0 aromatic heterocycles. The van der Waals surface area contributed by atoms with Gasteiger partial charge in [-0.25, -0.2) is 9.59 Å². The third kappa shape index (κ3) is 5.22. The zero-order valence-corrected chi connectivity index (χ0v) is 19.3. The summed E-state index contributed by atoms with van der Waals surface area (Å²) in [6.45, 7) is 1.70. The number of rotatable bonds is 10. The molecule has 3 atom stereocenters. The summed E-state index contributed by atoms with van der Waals surface area (Å²) in [5.74, 6) is -1.52. The maximum absolute atomic E-state index is 12.9. The number of amides is 2. The molecule has 8 heteroatoms. The lowest BCUT2D eigenvalue weighted by atomic mass is 9.98. The molecule has 0 bridgehead atoms. The Bertz CT molecular complexity index is 1020. The summed E-state index contributed by atoms with van der Waals surface area (Å²) in [4.78, 5) is 37.1. The zero-order chi connectivity index (χ0) is 24.2. The van der Waals surface area contributed by atoms with E-state index in [1.54, 1.807) is 6.92 Å². The number of hydrogen-bond donors (Lipinski definition) is 3. The Labute approximate surface area is 198 Å². The van der Waals surface area contributed by atoms with E-state index in [2.05, 4.69) is 22.8 Å². The van der Waals surface area contributed by atoms with Crippen LogP contribution in [-0.4, -0.2) is 55.0 Å². The van der Waals surface area contributed by atoms with E-state index in [9.17, 15) is 19.5 Å². The number of methoxy groups -OCH3 is 1. The number of carbonyl (C=O) groups is 3. The highest BCUT2D eigenvalue weighted by Crippen LogP contribution is 2.44. The molecule has 2 aromatic carbocycles. The van der Waals surface area contributed by atoms with Crippen molar-refractivity contribution in [2.75, 3.05) is 13.7 Å². The molecule has 0 radical (unpaired) electrons. The van der Waals surface area contributed by atoms with E-state index < -0.39 is 36.2 Å². The van der Waals surface area contributed by atoms with Gasteiger partial charge in [0.25, 0.3) is 0 Å². The fraction of sp³-hybridized carbons (Fsp3) is 0.423. The molecule has 1 saturated carbocycles. The van der Waals surface area contributed by atoms with E-state index in [0.717, 1.165) is 35.1 Å². The third-order valence-corrected chi connectivity index (χ3v) is 6.62. The van der Waals surface area contributed by atoms with Crippen LogP contribution in [0.15, 0.2) is 48.5 Å². The molecule has 2 aliphatic rings. The van der Waals surface area contributed by atoms with Crippen molar-refractivity contribution in [1.29, 1.82) is 0 Å². The van der Waals surface area contributed by atoms with Crippen LogP contribution in [0.5, 0.6) is 0 Å². The molecule has 0 spiro atoms. The fourth-order valence-electron chi connectivity index (χ4n) is 4.47. The summed E-state index contributed by atoms with van der Waals surface area (Å²) in [5, 5.41) is 14.6. The third-order valence-electron chi connectivity index (χ3n) is 6.62. The van der Waals surface area contributed by atoms with Crippen LogP contribution in [0.2, 0.25) is 0 Å². The van der Waals surface area contributed by atoms with Crippen LogP contribution in [0, 0.1) is 5.92 Å². The SMILES string of the molecule is CO[C@H](C)[C@H](NC(=O)C(CC1CC1)NC(=O)OCC1c2ccccc2-c2ccccc21)C(=O)O. The second-order valence-corrected chi connectivity index (χ2v) is 8.97. The van der Waals surface area contributed by atoms with Crippen molar-refractivity contribution in [1.82, 2.24) is 10.6 Å². The normalized spacial score (nSPS) is 17.1. The second-order valence-electron chi connectivity index (χ2n) is 8.97. The molecule has 0 heterocycles. The van der Waals surface area contributed by atoms with Crippen LogP contribution in [0.1, 0.15) is 43.2 Å². The highest BCUT2D eigenvalue weighted by atomic mass is 16.5. The first-order valence-electron chi connectivity index (χ1n) is 11.6. The van der Waals surface area contributed by atoms with Crippen molar-refractivity contribution in [2.24, 2.45) is 5.92 Å². The molecule has 2 aliphatic carbocycles. The number of benzene rings is 2. The average molecular weight is 467 g/mol. The molecule has 2 aromatic rings. The van der Waals surface area contributed by atoms with Crippen LogP contribution >= 0.6 is 0 Å². The monoisotopic (exact) mass is 466 g/mol. The predicted molar refractivity (Wildman–Crippen MR) is 125 cm³/mol. The number of fused-ring (bicyclic) bond motifs is 3. The predicted octanol–water partition coefficient (Wildman–Crippen LogP) is 3.30. The second kappa shape index (κ2) is 10.3.